The fourth-order valence-electron chi connectivity index (χ4n) is 7.32. The van der Waals surface area contributed by atoms with E-state index in [9.17, 15) is 17.6 Å². The molecule has 7 nitrogen and oxygen atoms in total. The predicted molar refractivity (Wildman–Crippen MR) is 159 cm³/mol. The van der Waals surface area contributed by atoms with E-state index in [1.54, 1.807) is 28.6 Å². The summed E-state index contributed by atoms with van der Waals surface area (Å²) in [5.41, 5.74) is 8.53. The highest BCUT2D eigenvalue weighted by Crippen LogP contribution is 2.39. The lowest BCUT2D eigenvalue weighted by Gasteiger charge is -2.39. The van der Waals surface area contributed by atoms with Crippen molar-refractivity contribution in [2.75, 3.05) is 18.8 Å². The highest BCUT2D eigenvalue weighted by atomic mass is 32.2. The molecule has 230 valence electrons. The first-order valence-electron chi connectivity index (χ1n) is 15.2. The summed E-state index contributed by atoms with van der Waals surface area (Å²) in [4.78, 5) is 13.8. The van der Waals surface area contributed by atoms with Crippen LogP contribution in [0.3, 0.4) is 0 Å². The van der Waals surface area contributed by atoms with E-state index in [1.807, 2.05) is 13.8 Å². The Hall–Kier alpha value is -2.24. The molecule has 5 rings (SSSR count). The molecule has 2 aromatic carbocycles. The van der Waals surface area contributed by atoms with Crippen molar-refractivity contribution in [1.82, 2.24) is 9.62 Å². The number of sulfonamides is 1. The number of fused-ring (bicyclic) bond motifs is 2. The summed E-state index contributed by atoms with van der Waals surface area (Å²) >= 11 is 0. The summed E-state index contributed by atoms with van der Waals surface area (Å²) in [6, 6.07) is 9.93. The number of nitrogens with zero attached hydrogens (tertiary/aromatic N) is 1. The Labute approximate surface area is 248 Å². The van der Waals surface area contributed by atoms with Gasteiger partial charge in [-0.05, 0) is 93.2 Å². The zero-order chi connectivity index (χ0) is 30.0. The Morgan fingerprint density at radius 3 is 2.55 bits per heavy atom. The average molecular weight is 604 g/mol. The van der Waals surface area contributed by atoms with Crippen LogP contribution >= 0.6 is 0 Å². The summed E-state index contributed by atoms with van der Waals surface area (Å²) in [6.45, 7) is 4.99. The molecule has 2 bridgehead atoms. The summed E-state index contributed by atoms with van der Waals surface area (Å²) in [7, 11) is -3.36. The van der Waals surface area contributed by atoms with Crippen LogP contribution in [0.25, 0.3) is 0 Å². The molecule has 2 aromatic rings. The Morgan fingerprint density at radius 1 is 1.12 bits per heavy atom. The standard InChI is InChI=1S/C32H43F2N3O4S/c1-20-15-24(16-21(2)41-20)31(22-8-10-25(33)11-9-22)32(35)30(38)17-23-5-3-7-29(34)28(23)13-12-27-18-36-26-6-4-14-42(39,40)37(27)19-26/h3,5,7-11,20-21,24,26-27,31-32,36H,4,6,12-19,35H2,1-2H3/t20-,21-,26-,27+,31+,32-/m1/s1. The molecule has 0 aromatic heterocycles. The highest BCUT2D eigenvalue weighted by molar-refractivity contribution is 7.89. The van der Waals surface area contributed by atoms with Gasteiger partial charge in [-0.3, -0.25) is 4.79 Å². The van der Waals surface area contributed by atoms with Crippen molar-refractivity contribution in [3.63, 3.8) is 0 Å². The van der Waals surface area contributed by atoms with Gasteiger partial charge in [-0.1, -0.05) is 24.3 Å². The Morgan fingerprint density at radius 2 is 1.83 bits per heavy atom. The molecule has 3 fully saturated rings. The van der Waals surface area contributed by atoms with E-state index in [0.29, 0.717) is 43.5 Å². The maximum atomic E-state index is 15.2. The molecule has 1 unspecified atom stereocenters. The van der Waals surface area contributed by atoms with E-state index < -0.39 is 21.9 Å². The molecule has 3 aliphatic heterocycles. The second kappa shape index (κ2) is 13.2. The number of benzene rings is 2. The van der Waals surface area contributed by atoms with E-state index in [1.165, 1.54) is 18.2 Å². The lowest BCUT2D eigenvalue weighted by molar-refractivity contribution is -0.121. The van der Waals surface area contributed by atoms with Crippen LogP contribution in [-0.4, -0.2) is 67.7 Å². The molecule has 42 heavy (non-hydrogen) atoms. The van der Waals surface area contributed by atoms with Crippen LogP contribution < -0.4 is 11.1 Å². The molecule has 3 N–H and O–H groups in total. The molecular weight excluding hydrogens is 560 g/mol. The van der Waals surface area contributed by atoms with Crippen LogP contribution in [0, 0.1) is 17.6 Å². The van der Waals surface area contributed by atoms with Crippen molar-refractivity contribution >= 4 is 15.8 Å². The van der Waals surface area contributed by atoms with Gasteiger partial charge in [0.1, 0.15) is 11.6 Å². The minimum atomic E-state index is -3.36. The Kier molecular flexibility index (Phi) is 9.79. The molecule has 0 aliphatic carbocycles. The number of carbonyl (C=O) groups is 1. The minimum absolute atomic E-state index is 0.0105. The van der Waals surface area contributed by atoms with Gasteiger partial charge in [-0.2, -0.15) is 4.31 Å². The maximum absolute atomic E-state index is 15.2. The molecule has 10 heteroatoms. The number of hydrogen-bond acceptors (Lipinski definition) is 6. The topological polar surface area (TPSA) is 102 Å². The molecule has 0 radical (unpaired) electrons. The summed E-state index contributed by atoms with van der Waals surface area (Å²) in [5.74, 6) is -1.10. The predicted octanol–water partition coefficient (Wildman–Crippen LogP) is 4.09. The first kappa shape index (κ1) is 31.2. The summed E-state index contributed by atoms with van der Waals surface area (Å²) in [6.07, 6.45) is 3.66. The van der Waals surface area contributed by atoms with Crippen LogP contribution in [0.2, 0.25) is 0 Å². The lowest BCUT2D eigenvalue weighted by atomic mass is 9.73. The van der Waals surface area contributed by atoms with Gasteiger partial charge in [-0.15, -0.1) is 0 Å². The van der Waals surface area contributed by atoms with E-state index >= 15 is 4.39 Å². The van der Waals surface area contributed by atoms with E-state index in [-0.39, 0.29) is 59.9 Å². The fraction of sp³-hybridized carbons (Fsp3) is 0.594. The molecule has 3 heterocycles. The molecule has 0 amide bonds. The number of piperazine rings is 1. The third-order valence-corrected chi connectivity index (χ3v) is 11.3. The SMILES string of the molecule is C[C@@H]1CC([C@H](c2ccc(F)cc2)[C@H](N)C(=O)Cc2cccc(F)c2CC[C@H]2CN[C@@H]3CCCS(=O)(=O)N2C3)C[C@@H](C)O1. The van der Waals surface area contributed by atoms with Gasteiger partial charge >= 0.3 is 0 Å². The van der Waals surface area contributed by atoms with Gasteiger partial charge in [-0.25, -0.2) is 17.2 Å². The number of nitrogens with one attached hydrogen (secondary N) is 1. The Bertz CT molecular complexity index is 1350. The summed E-state index contributed by atoms with van der Waals surface area (Å²) < 4.78 is 62.3. The van der Waals surface area contributed by atoms with Crippen LogP contribution in [-0.2, 0) is 32.4 Å². The molecule has 3 aliphatic rings. The van der Waals surface area contributed by atoms with Gasteiger partial charge in [0.25, 0.3) is 0 Å². The van der Waals surface area contributed by atoms with Crippen LogP contribution in [0.15, 0.2) is 42.5 Å². The third-order valence-electron chi connectivity index (χ3n) is 9.33. The maximum Gasteiger partial charge on any atom is 0.214 e. The van der Waals surface area contributed by atoms with Crippen LogP contribution in [0.5, 0.6) is 0 Å². The van der Waals surface area contributed by atoms with E-state index in [2.05, 4.69) is 5.32 Å². The van der Waals surface area contributed by atoms with Crippen molar-refractivity contribution in [2.24, 2.45) is 11.7 Å². The van der Waals surface area contributed by atoms with E-state index in [0.717, 1.165) is 24.8 Å². The van der Waals surface area contributed by atoms with Crippen molar-refractivity contribution in [3.05, 3.63) is 70.8 Å². The molecule has 7 atom stereocenters. The van der Waals surface area contributed by atoms with Gasteiger partial charge in [0.05, 0.1) is 24.0 Å². The summed E-state index contributed by atoms with van der Waals surface area (Å²) in [5, 5.41) is 3.46. The second-order valence-electron chi connectivity index (χ2n) is 12.4. The van der Waals surface area contributed by atoms with Gasteiger partial charge < -0.3 is 15.8 Å². The number of Topliss-reactive ketones (excluding diaryl/α,β-unsaturated/α-hetero) is 1. The van der Waals surface area contributed by atoms with Crippen molar-refractivity contribution in [1.29, 1.82) is 0 Å². The van der Waals surface area contributed by atoms with Crippen molar-refractivity contribution in [3.8, 4) is 0 Å². The van der Waals surface area contributed by atoms with E-state index in [4.69, 9.17) is 10.5 Å². The molecular formula is C32H43F2N3O4S. The Balaban J connectivity index is 1.34. The van der Waals surface area contributed by atoms with Gasteiger partial charge in [0.15, 0.2) is 5.78 Å². The van der Waals surface area contributed by atoms with Crippen LogP contribution in [0.4, 0.5) is 8.78 Å². The lowest BCUT2D eigenvalue weighted by Crippen LogP contribution is -2.57. The number of ketones is 1. The molecule has 0 spiro atoms. The van der Waals surface area contributed by atoms with Gasteiger partial charge in [0.2, 0.25) is 10.0 Å². The smallest absolute Gasteiger partial charge is 0.214 e. The second-order valence-corrected chi connectivity index (χ2v) is 14.5. The first-order valence-corrected chi connectivity index (χ1v) is 16.8. The monoisotopic (exact) mass is 603 g/mol. The normalized spacial score (nSPS) is 30.7. The van der Waals surface area contributed by atoms with Crippen molar-refractivity contribution < 1.29 is 26.7 Å². The number of nitrogens with two attached hydrogens (primary N) is 1. The zero-order valence-electron chi connectivity index (χ0n) is 24.5. The first-order chi connectivity index (χ1) is 20.0. The minimum Gasteiger partial charge on any atom is -0.376 e. The average Bonchev–Trinajstić information content (AvgIpc) is 3.05. The number of hydrogen-bond donors (Lipinski definition) is 2. The number of carbonyl (C=O) groups excluding carboxylic acids is 1. The number of halogens is 2. The zero-order valence-corrected chi connectivity index (χ0v) is 25.3. The quantitative estimate of drug-likeness (QED) is 0.448. The molecule has 0 saturated carbocycles. The number of ether oxygens (including phenoxy) is 1. The van der Waals surface area contributed by atoms with Gasteiger partial charge in [0, 0.05) is 37.5 Å². The number of rotatable bonds is 9. The van der Waals surface area contributed by atoms with Crippen LogP contribution in [0.1, 0.15) is 68.6 Å². The van der Waals surface area contributed by atoms with Crippen molar-refractivity contribution in [2.45, 2.75) is 95.0 Å². The molecule has 3 saturated heterocycles. The highest BCUT2D eigenvalue weighted by Gasteiger charge is 2.39. The third kappa shape index (κ3) is 7.10. The largest absolute Gasteiger partial charge is 0.376 e. The fourth-order valence-corrected chi connectivity index (χ4v) is 9.13.